The Kier molecular flexibility index (Phi) is 3.09. The molecule has 0 aliphatic carbocycles. The Hall–Kier alpha value is -2.30. The zero-order chi connectivity index (χ0) is 12.3. The highest BCUT2D eigenvalue weighted by molar-refractivity contribution is 6.00. The first kappa shape index (κ1) is 11.2. The Balaban J connectivity index is 2.09. The van der Waals surface area contributed by atoms with Crippen molar-refractivity contribution in [1.82, 2.24) is 9.78 Å². The minimum absolute atomic E-state index is 0.195. The van der Waals surface area contributed by atoms with Gasteiger partial charge in [0.1, 0.15) is 5.82 Å². The predicted molar refractivity (Wildman–Crippen MR) is 67.1 cm³/mol. The number of anilines is 2. The van der Waals surface area contributed by atoms with Gasteiger partial charge in [0.05, 0.1) is 6.20 Å². The van der Waals surface area contributed by atoms with Gasteiger partial charge in [-0.1, -0.05) is 18.2 Å². The molecule has 5 heteroatoms. The number of para-hydroxylation sites is 1. The molecule has 0 aliphatic rings. The van der Waals surface area contributed by atoms with Gasteiger partial charge in [-0.05, 0) is 12.1 Å². The molecule has 1 heterocycles. The van der Waals surface area contributed by atoms with Crippen molar-refractivity contribution in [2.45, 2.75) is 0 Å². The van der Waals surface area contributed by atoms with Crippen LogP contribution in [-0.4, -0.2) is 22.9 Å². The lowest BCUT2D eigenvalue weighted by atomic mass is 10.3. The van der Waals surface area contributed by atoms with Crippen molar-refractivity contribution >= 4 is 17.5 Å². The number of urea groups is 1. The number of benzene rings is 1. The average molecular weight is 230 g/mol. The number of rotatable bonds is 2. The lowest BCUT2D eigenvalue weighted by Crippen LogP contribution is -2.31. The molecule has 5 nitrogen and oxygen atoms in total. The number of nitrogens with one attached hydrogen (secondary N) is 1. The summed E-state index contributed by atoms with van der Waals surface area (Å²) in [6, 6.07) is 11.0. The SMILES string of the molecule is CN(C(=O)Nc1ccnn1C)c1ccccc1. The summed E-state index contributed by atoms with van der Waals surface area (Å²) in [7, 11) is 3.50. The van der Waals surface area contributed by atoms with E-state index in [2.05, 4.69) is 10.4 Å². The number of amides is 2. The van der Waals surface area contributed by atoms with E-state index in [0.717, 1.165) is 5.69 Å². The van der Waals surface area contributed by atoms with Crippen molar-refractivity contribution in [2.24, 2.45) is 7.05 Å². The first-order chi connectivity index (χ1) is 8.18. The van der Waals surface area contributed by atoms with Gasteiger partial charge < -0.3 is 0 Å². The van der Waals surface area contributed by atoms with Crippen LogP contribution in [0.2, 0.25) is 0 Å². The fourth-order valence-corrected chi connectivity index (χ4v) is 1.46. The third kappa shape index (κ3) is 2.44. The molecular formula is C12H14N4O. The first-order valence-corrected chi connectivity index (χ1v) is 5.26. The van der Waals surface area contributed by atoms with Crippen LogP contribution in [0.3, 0.4) is 0 Å². The molecular weight excluding hydrogens is 216 g/mol. The van der Waals surface area contributed by atoms with E-state index in [1.165, 1.54) is 0 Å². The predicted octanol–water partition coefficient (Wildman–Crippen LogP) is 2.09. The van der Waals surface area contributed by atoms with Crippen LogP contribution in [0.1, 0.15) is 0 Å². The minimum Gasteiger partial charge on any atom is -0.297 e. The Labute approximate surface area is 99.7 Å². The van der Waals surface area contributed by atoms with Gasteiger partial charge in [0.25, 0.3) is 0 Å². The van der Waals surface area contributed by atoms with E-state index in [9.17, 15) is 4.79 Å². The lowest BCUT2D eigenvalue weighted by Gasteiger charge is -2.17. The van der Waals surface area contributed by atoms with Crippen molar-refractivity contribution in [3.8, 4) is 0 Å². The molecule has 2 amide bonds. The van der Waals surface area contributed by atoms with Crippen molar-refractivity contribution in [1.29, 1.82) is 0 Å². The molecule has 0 aliphatic heterocycles. The quantitative estimate of drug-likeness (QED) is 0.858. The molecule has 0 radical (unpaired) electrons. The summed E-state index contributed by atoms with van der Waals surface area (Å²) < 4.78 is 1.61. The molecule has 0 unspecified atom stereocenters. The Bertz CT molecular complexity index is 506. The highest BCUT2D eigenvalue weighted by Crippen LogP contribution is 2.13. The number of carbonyl (C=O) groups is 1. The highest BCUT2D eigenvalue weighted by atomic mass is 16.2. The van der Waals surface area contributed by atoms with E-state index < -0.39 is 0 Å². The van der Waals surface area contributed by atoms with Crippen LogP contribution in [0.25, 0.3) is 0 Å². The topological polar surface area (TPSA) is 50.2 Å². The number of aryl methyl sites for hydroxylation is 1. The number of nitrogens with zero attached hydrogens (tertiary/aromatic N) is 3. The summed E-state index contributed by atoms with van der Waals surface area (Å²) in [5.74, 6) is 0.665. The summed E-state index contributed by atoms with van der Waals surface area (Å²) in [5.41, 5.74) is 0.840. The van der Waals surface area contributed by atoms with Crippen LogP contribution in [0, 0.1) is 0 Å². The van der Waals surface area contributed by atoms with E-state index in [-0.39, 0.29) is 6.03 Å². The molecule has 88 valence electrons. The van der Waals surface area contributed by atoms with E-state index in [1.54, 1.807) is 35.9 Å². The molecule has 0 saturated heterocycles. The second kappa shape index (κ2) is 4.69. The Morgan fingerprint density at radius 3 is 2.59 bits per heavy atom. The summed E-state index contributed by atoms with van der Waals surface area (Å²) in [5, 5.41) is 6.76. The van der Waals surface area contributed by atoms with Gasteiger partial charge in [-0.2, -0.15) is 5.10 Å². The first-order valence-electron chi connectivity index (χ1n) is 5.26. The second-order valence-corrected chi connectivity index (χ2v) is 3.66. The number of aromatic nitrogens is 2. The third-order valence-electron chi connectivity index (χ3n) is 2.50. The Morgan fingerprint density at radius 2 is 2.00 bits per heavy atom. The monoisotopic (exact) mass is 230 g/mol. The van der Waals surface area contributed by atoms with E-state index >= 15 is 0 Å². The molecule has 2 aromatic rings. The maximum atomic E-state index is 11.9. The number of hydrogen-bond donors (Lipinski definition) is 1. The molecule has 17 heavy (non-hydrogen) atoms. The van der Waals surface area contributed by atoms with Crippen LogP contribution in [0.4, 0.5) is 16.3 Å². The fourth-order valence-electron chi connectivity index (χ4n) is 1.46. The maximum absolute atomic E-state index is 11.9. The van der Waals surface area contributed by atoms with E-state index in [1.807, 2.05) is 30.3 Å². The fraction of sp³-hybridized carbons (Fsp3) is 0.167. The molecule has 1 aromatic carbocycles. The normalized spacial score (nSPS) is 10.0. The molecule has 0 spiro atoms. The average Bonchev–Trinajstić information content (AvgIpc) is 2.75. The van der Waals surface area contributed by atoms with Crippen molar-refractivity contribution in [2.75, 3.05) is 17.3 Å². The molecule has 1 aromatic heterocycles. The lowest BCUT2D eigenvalue weighted by molar-refractivity contribution is 0.258. The number of hydrogen-bond acceptors (Lipinski definition) is 2. The summed E-state index contributed by atoms with van der Waals surface area (Å²) >= 11 is 0. The van der Waals surface area contributed by atoms with Crippen LogP contribution >= 0.6 is 0 Å². The van der Waals surface area contributed by atoms with Crippen LogP contribution < -0.4 is 10.2 Å². The zero-order valence-electron chi connectivity index (χ0n) is 9.79. The van der Waals surface area contributed by atoms with Crippen molar-refractivity contribution < 1.29 is 4.79 Å². The van der Waals surface area contributed by atoms with Crippen LogP contribution in [-0.2, 0) is 7.05 Å². The van der Waals surface area contributed by atoms with E-state index in [0.29, 0.717) is 5.82 Å². The van der Waals surface area contributed by atoms with Gasteiger partial charge in [0.2, 0.25) is 0 Å². The third-order valence-corrected chi connectivity index (χ3v) is 2.50. The maximum Gasteiger partial charge on any atom is 0.327 e. The Morgan fingerprint density at radius 1 is 1.29 bits per heavy atom. The van der Waals surface area contributed by atoms with Gasteiger partial charge in [-0.3, -0.25) is 14.9 Å². The molecule has 0 saturated carbocycles. The smallest absolute Gasteiger partial charge is 0.297 e. The van der Waals surface area contributed by atoms with Gasteiger partial charge >= 0.3 is 6.03 Å². The molecule has 2 rings (SSSR count). The standard InChI is InChI=1S/C12H14N4O/c1-15(10-6-4-3-5-7-10)12(17)14-11-8-9-13-16(11)2/h3-9H,1-2H3,(H,14,17). The highest BCUT2D eigenvalue weighted by Gasteiger charge is 2.11. The molecule has 0 fully saturated rings. The van der Waals surface area contributed by atoms with Gasteiger partial charge in [0.15, 0.2) is 0 Å². The van der Waals surface area contributed by atoms with Crippen LogP contribution in [0.5, 0.6) is 0 Å². The zero-order valence-corrected chi connectivity index (χ0v) is 9.79. The second-order valence-electron chi connectivity index (χ2n) is 3.66. The van der Waals surface area contributed by atoms with Gasteiger partial charge in [-0.25, -0.2) is 4.79 Å². The minimum atomic E-state index is -0.195. The van der Waals surface area contributed by atoms with Crippen molar-refractivity contribution in [3.05, 3.63) is 42.6 Å². The molecule has 1 N–H and O–H groups in total. The van der Waals surface area contributed by atoms with Crippen LogP contribution in [0.15, 0.2) is 42.6 Å². The number of carbonyl (C=O) groups excluding carboxylic acids is 1. The summed E-state index contributed by atoms with van der Waals surface area (Å²) in [6.45, 7) is 0. The molecule has 0 bridgehead atoms. The molecule has 0 atom stereocenters. The van der Waals surface area contributed by atoms with Gasteiger partial charge in [-0.15, -0.1) is 0 Å². The largest absolute Gasteiger partial charge is 0.327 e. The van der Waals surface area contributed by atoms with E-state index in [4.69, 9.17) is 0 Å². The summed E-state index contributed by atoms with van der Waals surface area (Å²) in [6.07, 6.45) is 1.64. The van der Waals surface area contributed by atoms with Gasteiger partial charge in [0, 0.05) is 25.8 Å². The summed E-state index contributed by atoms with van der Waals surface area (Å²) in [4.78, 5) is 13.5. The van der Waals surface area contributed by atoms with Crippen molar-refractivity contribution in [3.63, 3.8) is 0 Å².